The quantitative estimate of drug-likeness (QED) is 0.584. The van der Waals surface area contributed by atoms with Crippen molar-refractivity contribution >= 4 is 34.5 Å². The summed E-state index contributed by atoms with van der Waals surface area (Å²) >= 11 is 7.69. The van der Waals surface area contributed by atoms with E-state index >= 15 is 0 Å². The van der Waals surface area contributed by atoms with Gasteiger partial charge in [-0.25, -0.2) is 0 Å². The first kappa shape index (κ1) is 21.3. The lowest BCUT2D eigenvalue weighted by atomic mass is 10.0. The number of piperazine rings is 1. The minimum Gasteiger partial charge on any atom is -0.488 e. The zero-order valence-electron chi connectivity index (χ0n) is 18.1. The van der Waals surface area contributed by atoms with Gasteiger partial charge in [0, 0.05) is 66.0 Å². The molecule has 0 spiro atoms. The maximum atomic E-state index is 12.8. The van der Waals surface area contributed by atoms with E-state index in [0.29, 0.717) is 13.2 Å². The summed E-state index contributed by atoms with van der Waals surface area (Å²) in [7, 11) is 0. The second-order valence-electron chi connectivity index (χ2n) is 8.27. The van der Waals surface area contributed by atoms with Gasteiger partial charge in [-0.15, -0.1) is 11.3 Å². The number of rotatable bonds is 5. The van der Waals surface area contributed by atoms with Crippen molar-refractivity contribution in [2.75, 3.05) is 44.2 Å². The molecule has 1 aromatic heterocycles. The van der Waals surface area contributed by atoms with E-state index in [4.69, 9.17) is 16.3 Å². The molecule has 0 saturated carbocycles. The smallest absolute Gasteiger partial charge is 0.261 e. The van der Waals surface area contributed by atoms with Crippen LogP contribution in [0.25, 0.3) is 10.4 Å². The molecule has 7 heteroatoms. The number of carbonyl (C=O) groups excluding carboxylic acids is 1. The molecule has 0 unspecified atom stereocenters. The molecule has 0 aliphatic carbocycles. The molecule has 3 heterocycles. The second kappa shape index (κ2) is 9.14. The van der Waals surface area contributed by atoms with Gasteiger partial charge in [0.1, 0.15) is 12.4 Å². The average Bonchev–Trinajstić information content (AvgIpc) is 3.24. The van der Waals surface area contributed by atoms with E-state index in [1.807, 2.05) is 36.4 Å². The van der Waals surface area contributed by atoms with Crippen LogP contribution in [0.4, 0.5) is 5.69 Å². The Bertz CT molecular complexity index is 1140. The molecule has 1 amide bonds. The first-order chi connectivity index (χ1) is 15.6. The number of thiophene rings is 1. The van der Waals surface area contributed by atoms with Gasteiger partial charge >= 0.3 is 0 Å². The van der Waals surface area contributed by atoms with Gasteiger partial charge in [-0.2, -0.15) is 0 Å². The van der Waals surface area contributed by atoms with Crippen molar-refractivity contribution in [2.45, 2.75) is 13.5 Å². The molecule has 1 saturated heterocycles. The maximum absolute atomic E-state index is 12.8. The Morgan fingerprint density at radius 1 is 1.12 bits per heavy atom. The average molecular weight is 468 g/mol. The van der Waals surface area contributed by atoms with Crippen molar-refractivity contribution in [1.82, 2.24) is 10.2 Å². The number of fused-ring (bicyclic) bond motifs is 3. The fraction of sp³-hybridized carbons (Fsp3) is 0.320. The number of halogens is 1. The summed E-state index contributed by atoms with van der Waals surface area (Å²) in [5.41, 5.74) is 4.57. The van der Waals surface area contributed by atoms with Gasteiger partial charge < -0.3 is 15.0 Å². The van der Waals surface area contributed by atoms with E-state index in [1.165, 1.54) is 11.3 Å². The largest absolute Gasteiger partial charge is 0.488 e. The van der Waals surface area contributed by atoms with Gasteiger partial charge in [0.05, 0.1) is 4.88 Å². The zero-order chi connectivity index (χ0) is 22.1. The first-order valence-electron chi connectivity index (χ1n) is 10.9. The van der Waals surface area contributed by atoms with Crippen LogP contribution in [0, 0.1) is 6.92 Å². The number of amides is 1. The fourth-order valence-corrected chi connectivity index (χ4v) is 5.77. The molecule has 0 radical (unpaired) electrons. The molecular formula is C25H26ClN3O2S. The third kappa shape index (κ3) is 4.35. The number of aryl methyl sites for hydroxylation is 1. The number of hydrogen-bond acceptors (Lipinski definition) is 5. The highest BCUT2D eigenvalue weighted by molar-refractivity contribution is 7.17. The third-order valence-corrected chi connectivity index (χ3v) is 7.57. The number of hydrogen-bond donors (Lipinski definition) is 1. The summed E-state index contributed by atoms with van der Waals surface area (Å²) in [4.78, 5) is 19.5. The lowest BCUT2D eigenvalue weighted by molar-refractivity contribution is 0.0951. The standard InChI is InChI=1S/C25H26ClN3O2S/c1-17-4-2-7-21-23(17)24-18(16-31-21)14-22(32-24)25(30)27-8-9-28-10-12-29(13-11-28)20-6-3-5-19(26)15-20/h2-7,14-15H,8-13,16H2,1H3,(H,27,30). The molecular weight excluding hydrogens is 442 g/mol. The lowest BCUT2D eigenvalue weighted by Crippen LogP contribution is -2.48. The van der Waals surface area contributed by atoms with Gasteiger partial charge in [0.2, 0.25) is 0 Å². The minimum absolute atomic E-state index is 0.00269. The van der Waals surface area contributed by atoms with Crippen molar-refractivity contribution in [3.63, 3.8) is 0 Å². The monoisotopic (exact) mass is 467 g/mol. The van der Waals surface area contributed by atoms with Gasteiger partial charge in [-0.3, -0.25) is 9.69 Å². The number of carbonyl (C=O) groups is 1. The molecule has 1 N–H and O–H groups in total. The van der Waals surface area contributed by atoms with Crippen LogP contribution < -0.4 is 15.0 Å². The molecule has 3 aromatic rings. The SMILES string of the molecule is Cc1cccc2c1-c1sc(C(=O)NCCN3CCN(c4cccc(Cl)c4)CC3)cc1CO2. The summed E-state index contributed by atoms with van der Waals surface area (Å²) in [5.74, 6) is 0.903. The Morgan fingerprint density at radius 3 is 2.75 bits per heavy atom. The van der Waals surface area contributed by atoms with Gasteiger partial charge in [0.15, 0.2) is 0 Å². The Hall–Kier alpha value is -2.54. The Kier molecular flexibility index (Phi) is 6.09. The molecule has 5 nitrogen and oxygen atoms in total. The predicted molar refractivity (Wildman–Crippen MR) is 131 cm³/mol. The van der Waals surface area contributed by atoms with E-state index in [1.54, 1.807) is 11.3 Å². The second-order valence-corrected chi connectivity index (χ2v) is 9.75. The molecule has 32 heavy (non-hydrogen) atoms. The van der Waals surface area contributed by atoms with Crippen LogP contribution in [0.5, 0.6) is 5.75 Å². The highest BCUT2D eigenvalue weighted by atomic mass is 35.5. The van der Waals surface area contributed by atoms with Gasteiger partial charge in [0.25, 0.3) is 5.91 Å². The highest BCUT2D eigenvalue weighted by Gasteiger charge is 2.24. The number of anilines is 1. The Balaban J connectivity index is 1.14. The van der Waals surface area contributed by atoms with Crippen LogP contribution in [0.15, 0.2) is 48.5 Å². The normalized spacial score (nSPS) is 15.6. The first-order valence-corrected chi connectivity index (χ1v) is 12.1. The van der Waals surface area contributed by atoms with Crippen LogP contribution in [0.3, 0.4) is 0 Å². The van der Waals surface area contributed by atoms with E-state index in [9.17, 15) is 4.79 Å². The van der Waals surface area contributed by atoms with Gasteiger partial charge in [-0.1, -0.05) is 29.8 Å². The van der Waals surface area contributed by atoms with Crippen molar-refractivity contribution in [3.05, 3.63) is 69.6 Å². The van der Waals surface area contributed by atoms with Crippen molar-refractivity contribution < 1.29 is 9.53 Å². The Morgan fingerprint density at radius 2 is 1.94 bits per heavy atom. The molecule has 2 aliphatic rings. The predicted octanol–water partition coefficient (Wildman–Crippen LogP) is 4.82. The van der Waals surface area contributed by atoms with E-state index in [-0.39, 0.29) is 5.91 Å². The third-order valence-electron chi connectivity index (χ3n) is 6.14. The van der Waals surface area contributed by atoms with E-state index in [0.717, 1.165) is 64.4 Å². The van der Waals surface area contributed by atoms with Gasteiger partial charge in [-0.05, 0) is 42.8 Å². The van der Waals surface area contributed by atoms with Crippen LogP contribution in [-0.2, 0) is 6.61 Å². The summed E-state index contributed by atoms with van der Waals surface area (Å²) in [5, 5.41) is 3.87. The van der Waals surface area contributed by atoms with Crippen molar-refractivity contribution in [1.29, 1.82) is 0 Å². The van der Waals surface area contributed by atoms with Crippen LogP contribution in [-0.4, -0.2) is 50.1 Å². The van der Waals surface area contributed by atoms with Crippen LogP contribution >= 0.6 is 22.9 Å². The van der Waals surface area contributed by atoms with Crippen molar-refractivity contribution in [2.24, 2.45) is 0 Å². The summed E-state index contributed by atoms with van der Waals surface area (Å²) < 4.78 is 5.89. The number of benzene rings is 2. The van der Waals surface area contributed by atoms with Crippen molar-refractivity contribution in [3.8, 4) is 16.2 Å². The van der Waals surface area contributed by atoms with E-state index in [2.05, 4.69) is 34.2 Å². The van der Waals surface area contributed by atoms with E-state index < -0.39 is 0 Å². The summed E-state index contributed by atoms with van der Waals surface area (Å²) in [6.07, 6.45) is 0. The molecule has 2 aliphatic heterocycles. The fourth-order valence-electron chi connectivity index (χ4n) is 4.38. The molecule has 0 atom stereocenters. The lowest BCUT2D eigenvalue weighted by Gasteiger charge is -2.36. The number of ether oxygens (including phenoxy) is 1. The number of nitrogens with zero attached hydrogens (tertiary/aromatic N) is 2. The Labute approximate surface area is 197 Å². The maximum Gasteiger partial charge on any atom is 0.261 e. The molecule has 0 bridgehead atoms. The summed E-state index contributed by atoms with van der Waals surface area (Å²) in [6.45, 7) is 7.98. The molecule has 1 fully saturated rings. The molecule has 166 valence electrons. The highest BCUT2D eigenvalue weighted by Crippen LogP contribution is 2.44. The van der Waals surface area contributed by atoms with Crippen LogP contribution in [0.2, 0.25) is 5.02 Å². The topological polar surface area (TPSA) is 44.8 Å². The summed E-state index contributed by atoms with van der Waals surface area (Å²) in [6, 6.07) is 16.1. The van der Waals surface area contributed by atoms with Crippen LogP contribution in [0.1, 0.15) is 20.8 Å². The molecule has 2 aromatic carbocycles. The zero-order valence-corrected chi connectivity index (χ0v) is 19.6. The molecule has 5 rings (SSSR count). The number of nitrogens with one attached hydrogen (secondary N) is 1. The minimum atomic E-state index is -0.00269.